The molecule has 0 fully saturated rings. The zero-order valence-electron chi connectivity index (χ0n) is 12.0. The van der Waals surface area contributed by atoms with Crippen LogP contribution in [0.5, 0.6) is 0 Å². The zero-order chi connectivity index (χ0) is 14.9. The quantitative estimate of drug-likeness (QED) is 0.896. The highest BCUT2D eigenvalue weighted by atomic mass is 79.9. The summed E-state index contributed by atoms with van der Waals surface area (Å²) in [7, 11) is 0. The number of hydrogen-bond acceptors (Lipinski definition) is 4. The Hall–Kier alpha value is -1.14. The predicted octanol–water partition coefficient (Wildman–Crippen LogP) is 4.13. The normalized spacial score (nSPS) is 12.7. The first-order valence-electron chi connectivity index (χ1n) is 6.50. The summed E-state index contributed by atoms with van der Waals surface area (Å²) in [4.78, 5) is 14.7. The van der Waals surface area contributed by atoms with Gasteiger partial charge >= 0.3 is 0 Å². The topological polar surface area (TPSA) is 46.9 Å². The molecule has 108 valence electrons. The number of hydrogen-bond donors (Lipinski definition) is 1. The molecule has 6 heteroatoms. The maximum Gasteiger partial charge on any atom is 0.283 e. The molecule has 2 heterocycles. The van der Waals surface area contributed by atoms with Crippen LogP contribution < -0.4 is 10.9 Å². The molecule has 0 aliphatic heterocycles. The summed E-state index contributed by atoms with van der Waals surface area (Å²) in [6.07, 6.45) is 1.70. The maximum atomic E-state index is 12.2. The minimum Gasteiger partial charge on any atom is -0.375 e. The summed E-state index contributed by atoms with van der Waals surface area (Å²) in [6, 6.07) is 4.39. The molecular formula is C14H18BrN3OS. The number of nitrogens with zero attached hydrogens (tertiary/aromatic N) is 2. The van der Waals surface area contributed by atoms with E-state index in [1.807, 2.05) is 13.8 Å². The standard InChI is InChI=1S/C14H18BrN3OS/c1-8(2)18-14(19)13(15)11(7-16-18)17-10(4)12-6-5-9(3)20-12/h5-8,10,17H,1-4H3. The molecule has 2 aromatic rings. The molecule has 0 aliphatic rings. The van der Waals surface area contributed by atoms with E-state index in [0.29, 0.717) is 4.47 Å². The fourth-order valence-electron chi connectivity index (χ4n) is 1.90. The second-order valence-corrected chi connectivity index (χ2v) is 7.14. The van der Waals surface area contributed by atoms with Gasteiger partial charge in [-0.15, -0.1) is 11.3 Å². The first-order valence-corrected chi connectivity index (χ1v) is 8.11. The fourth-order valence-corrected chi connectivity index (χ4v) is 3.18. The second kappa shape index (κ2) is 6.10. The molecule has 2 aromatic heterocycles. The molecule has 0 saturated carbocycles. The maximum absolute atomic E-state index is 12.2. The van der Waals surface area contributed by atoms with Crippen molar-refractivity contribution in [2.24, 2.45) is 0 Å². The van der Waals surface area contributed by atoms with Gasteiger partial charge in [-0.05, 0) is 55.8 Å². The number of nitrogens with one attached hydrogen (secondary N) is 1. The largest absolute Gasteiger partial charge is 0.375 e. The van der Waals surface area contributed by atoms with Crippen LogP contribution in [-0.2, 0) is 0 Å². The highest BCUT2D eigenvalue weighted by Gasteiger charge is 2.14. The van der Waals surface area contributed by atoms with E-state index in [4.69, 9.17) is 0 Å². The number of aromatic nitrogens is 2. The number of aryl methyl sites for hydroxylation is 1. The molecule has 4 nitrogen and oxygen atoms in total. The fraction of sp³-hybridized carbons (Fsp3) is 0.429. The van der Waals surface area contributed by atoms with Gasteiger partial charge in [0.25, 0.3) is 5.56 Å². The van der Waals surface area contributed by atoms with Crippen LogP contribution in [0.25, 0.3) is 0 Å². The lowest BCUT2D eigenvalue weighted by atomic mass is 10.2. The Morgan fingerprint density at radius 3 is 2.60 bits per heavy atom. The van der Waals surface area contributed by atoms with E-state index >= 15 is 0 Å². The minimum absolute atomic E-state index is 0.0465. The summed E-state index contributed by atoms with van der Waals surface area (Å²) in [6.45, 7) is 8.03. The molecule has 20 heavy (non-hydrogen) atoms. The highest BCUT2D eigenvalue weighted by molar-refractivity contribution is 9.10. The van der Waals surface area contributed by atoms with E-state index < -0.39 is 0 Å². The average molecular weight is 356 g/mol. The van der Waals surface area contributed by atoms with Crippen molar-refractivity contribution in [3.63, 3.8) is 0 Å². The molecule has 2 rings (SSSR count). The molecule has 0 spiro atoms. The second-order valence-electron chi connectivity index (χ2n) is 5.03. The molecular weight excluding hydrogens is 338 g/mol. The van der Waals surface area contributed by atoms with Crippen LogP contribution in [0.15, 0.2) is 27.6 Å². The van der Waals surface area contributed by atoms with Crippen LogP contribution in [0.1, 0.15) is 42.6 Å². The third kappa shape index (κ3) is 3.12. The van der Waals surface area contributed by atoms with Crippen LogP contribution in [0.2, 0.25) is 0 Å². The van der Waals surface area contributed by atoms with Gasteiger partial charge in [-0.1, -0.05) is 0 Å². The smallest absolute Gasteiger partial charge is 0.283 e. The van der Waals surface area contributed by atoms with Crippen LogP contribution in [0.3, 0.4) is 0 Å². The van der Waals surface area contributed by atoms with Gasteiger partial charge in [0.2, 0.25) is 0 Å². The molecule has 0 saturated heterocycles. The predicted molar refractivity (Wildman–Crippen MR) is 87.7 cm³/mol. The average Bonchev–Trinajstić information content (AvgIpc) is 2.81. The van der Waals surface area contributed by atoms with Gasteiger partial charge in [-0.3, -0.25) is 4.79 Å². The Bertz CT molecular complexity index is 663. The summed E-state index contributed by atoms with van der Waals surface area (Å²) < 4.78 is 2.00. The van der Waals surface area contributed by atoms with Crippen molar-refractivity contribution in [1.82, 2.24) is 9.78 Å². The van der Waals surface area contributed by atoms with E-state index in [9.17, 15) is 4.79 Å². The van der Waals surface area contributed by atoms with E-state index in [1.54, 1.807) is 17.5 Å². The van der Waals surface area contributed by atoms with E-state index in [-0.39, 0.29) is 17.6 Å². The third-order valence-electron chi connectivity index (χ3n) is 2.99. The van der Waals surface area contributed by atoms with Crippen LogP contribution >= 0.6 is 27.3 Å². The lowest BCUT2D eigenvalue weighted by molar-refractivity contribution is 0.501. The first kappa shape index (κ1) is 15.3. The summed E-state index contributed by atoms with van der Waals surface area (Å²) >= 11 is 5.12. The minimum atomic E-state index is -0.112. The summed E-state index contributed by atoms with van der Waals surface area (Å²) in [5.41, 5.74) is 0.616. The van der Waals surface area contributed by atoms with Gasteiger partial charge in [0.05, 0.1) is 24.0 Å². The monoisotopic (exact) mass is 355 g/mol. The Morgan fingerprint density at radius 2 is 2.05 bits per heavy atom. The van der Waals surface area contributed by atoms with Crippen molar-refractivity contribution >= 4 is 33.0 Å². The Labute approximate surface area is 131 Å². The third-order valence-corrected chi connectivity index (χ3v) is 4.94. The molecule has 0 aliphatic carbocycles. The zero-order valence-corrected chi connectivity index (χ0v) is 14.4. The van der Waals surface area contributed by atoms with E-state index in [1.165, 1.54) is 14.4 Å². The number of thiophene rings is 1. The van der Waals surface area contributed by atoms with Crippen molar-refractivity contribution in [3.8, 4) is 0 Å². The number of anilines is 1. The van der Waals surface area contributed by atoms with Crippen LogP contribution in [-0.4, -0.2) is 9.78 Å². The Balaban J connectivity index is 2.26. The number of halogens is 1. The van der Waals surface area contributed by atoms with Gasteiger partial charge in [0.1, 0.15) is 4.47 Å². The van der Waals surface area contributed by atoms with Crippen molar-refractivity contribution < 1.29 is 0 Å². The van der Waals surface area contributed by atoms with Crippen molar-refractivity contribution in [2.75, 3.05) is 5.32 Å². The Morgan fingerprint density at radius 1 is 1.35 bits per heavy atom. The molecule has 0 aromatic carbocycles. The molecule has 0 bridgehead atoms. The summed E-state index contributed by atoms with van der Waals surface area (Å²) in [5.74, 6) is 0. The molecule has 1 N–H and O–H groups in total. The lowest BCUT2D eigenvalue weighted by Gasteiger charge is -2.16. The molecule has 1 unspecified atom stereocenters. The van der Waals surface area contributed by atoms with Crippen LogP contribution in [0, 0.1) is 6.92 Å². The van der Waals surface area contributed by atoms with Crippen molar-refractivity contribution in [2.45, 2.75) is 39.8 Å². The summed E-state index contributed by atoms with van der Waals surface area (Å²) in [5, 5.41) is 7.54. The van der Waals surface area contributed by atoms with E-state index in [0.717, 1.165) is 5.69 Å². The first-order chi connectivity index (χ1) is 9.40. The van der Waals surface area contributed by atoms with E-state index in [2.05, 4.69) is 52.3 Å². The molecule has 1 atom stereocenters. The van der Waals surface area contributed by atoms with Crippen molar-refractivity contribution in [3.05, 3.63) is 42.9 Å². The number of rotatable bonds is 4. The van der Waals surface area contributed by atoms with Gasteiger partial charge in [-0.25, -0.2) is 4.68 Å². The highest BCUT2D eigenvalue weighted by Crippen LogP contribution is 2.27. The molecule has 0 amide bonds. The molecule has 0 radical (unpaired) electrons. The SMILES string of the molecule is Cc1ccc(C(C)Nc2cnn(C(C)C)c(=O)c2Br)s1. The van der Waals surface area contributed by atoms with Gasteiger partial charge < -0.3 is 5.32 Å². The lowest BCUT2D eigenvalue weighted by Crippen LogP contribution is -2.26. The van der Waals surface area contributed by atoms with Gasteiger partial charge in [0.15, 0.2) is 0 Å². The van der Waals surface area contributed by atoms with Gasteiger partial charge in [-0.2, -0.15) is 5.10 Å². The van der Waals surface area contributed by atoms with Crippen LogP contribution in [0.4, 0.5) is 5.69 Å². The van der Waals surface area contributed by atoms with Gasteiger partial charge in [0, 0.05) is 9.75 Å². The van der Waals surface area contributed by atoms with Crippen molar-refractivity contribution in [1.29, 1.82) is 0 Å². The Kier molecular flexibility index (Phi) is 4.65.